The van der Waals surface area contributed by atoms with Crippen molar-refractivity contribution in [1.29, 1.82) is 0 Å². The molecule has 14 nitrogen and oxygen atoms in total. The number of rotatable bonds is 10. The number of anilines is 1. The van der Waals surface area contributed by atoms with E-state index in [0.717, 1.165) is 12.6 Å². The predicted molar refractivity (Wildman–Crippen MR) is 138 cm³/mol. The third-order valence-corrected chi connectivity index (χ3v) is 7.74. The lowest BCUT2D eigenvalue weighted by Gasteiger charge is -2.42. The smallest absolute Gasteiger partial charge is 0.322 e. The van der Waals surface area contributed by atoms with Crippen LogP contribution in [-0.4, -0.2) is 104 Å². The highest BCUT2D eigenvalue weighted by Gasteiger charge is 2.45. The molecular formula is C24H32N4O10S. The molecule has 2 aromatic rings. The largest absolute Gasteiger partial charge is 0.480 e. The van der Waals surface area contributed by atoms with Crippen molar-refractivity contribution >= 4 is 44.3 Å². The molecule has 0 bridgehead atoms. The normalized spacial score (nSPS) is 24.1. The summed E-state index contributed by atoms with van der Waals surface area (Å²) in [6, 6.07) is 6.38. The molecule has 3 rings (SSSR count). The zero-order valence-electron chi connectivity index (χ0n) is 21.4. The van der Waals surface area contributed by atoms with Crippen molar-refractivity contribution in [3.8, 4) is 0 Å². The maximum absolute atomic E-state index is 13.3. The third-order valence-electron chi connectivity index (χ3n) is 6.21. The number of hydrogen-bond acceptors (Lipinski definition) is 10. The highest BCUT2D eigenvalue weighted by Crippen LogP contribution is 2.30. The number of carbonyl (C=O) groups excluding carboxylic acids is 2. The molecule has 0 aliphatic carbocycles. The first-order valence-electron chi connectivity index (χ1n) is 11.9. The van der Waals surface area contributed by atoms with Crippen LogP contribution in [0.4, 0.5) is 5.69 Å². The summed E-state index contributed by atoms with van der Waals surface area (Å²) >= 11 is 0. The van der Waals surface area contributed by atoms with Gasteiger partial charge in [-0.3, -0.25) is 14.4 Å². The Morgan fingerprint density at radius 2 is 1.67 bits per heavy atom. The molecule has 1 fully saturated rings. The molecule has 1 saturated heterocycles. The van der Waals surface area contributed by atoms with Gasteiger partial charge in [-0.25, -0.2) is 8.42 Å². The first-order valence-corrected chi connectivity index (χ1v) is 13.4. The van der Waals surface area contributed by atoms with Gasteiger partial charge in [-0.2, -0.15) is 4.72 Å². The number of ether oxygens (including phenoxy) is 1. The number of sulfonamides is 1. The number of aliphatic hydroxyl groups is 3. The number of aliphatic hydroxyl groups excluding tert-OH is 3. The molecular weight excluding hydrogens is 536 g/mol. The minimum absolute atomic E-state index is 0.181. The van der Waals surface area contributed by atoms with E-state index in [2.05, 4.69) is 15.4 Å². The number of carboxylic acid groups (broad SMARTS) is 1. The van der Waals surface area contributed by atoms with Gasteiger partial charge in [0, 0.05) is 37.5 Å². The van der Waals surface area contributed by atoms with Gasteiger partial charge in [0.1, 0.15) is 30.4 Å². The number of fused-ring (bicyclic) bond motifs is 1. The van der Waals surface area contributed by atoms with Crippen molar-refractivity contribution in [3.63, 3.8) is 0 Å². The van der Waals surface area contributed by atoms with E-state index < -0.39 is 77.5 Å². The first-order chi connectivity index (χ1) is 18.3. The predicted octanol–water partition coefficient (Wildman–Crippen LogP) is -1.91. The lowest BCUT2D eigenvalue weighted by atomic mass is 9.95. The van der Waals surface area contributed by atoms with Gasteiger partial charge in [-0.05, 0) is 12.1 Å². The van der Waals surface area contributed by atoms with Crippen LogP contribution in [0.5, 0.6) is 0 Å². The minimum atomic E-state index is -4.43. The van der Waals surface area contributed by atoms with Crippen LogP contribution < -0.4 is 20.3 Å². The summed E-state index contributed by atoms with van der Waals surface area (Å²) in [5, 5.41) is 45.1. The Bertz CT molecular complexity index is 1340. The lowest BCUT2D eigenvalue weighted by molar-refractivity contribution is -0.203. The minimum Gasteiger partial charge on any atom is -0.480 e. The Morgan fingerprint density at radius 3 is 2.26 bits per heavy atom. The van der Waals surface area contributed by atoms with Crippen LogP contribution in [0, 0.1) is 0 Å². The number of aliphatic carboxylic acids is 1. The van der Waals surface area contributed by atoms with Gasteiger partial charge in [0.05, 0.1) is 17.9 Å². The molecule has 214 valence electrons. The van der Waals surface area contributed by atoms with Gasteiger partial charge in [0.25, 0.3) is 0 Å². The molecule has 1 heterocycles. The summed E-state index contributed by atoms with van der Waals surface area (Å²) in [5.74, 6) is -3.26. The fraction of sp³-hybridized carbons (Fsp3) is 0.458. The summed E-state index contributed by atoms with van der Waals surface area (Å²) in [6.07, 6.45) is -6.89. The van der Waals surface area contributed by atoms with Gasteiger partial charge in [-0.15, -0.1) is 0 Å². The topological polar surface area (TPSA) is 215 Å². The summed E-state index contributed by atoms with van der Waals surface area (Å²) < 4.78 is 34.0. The molecule has 6 atom stereocenters. The van der Waals surface area contributed by atoms with Crippen molar-refractivity contribution in [1.82, 2.24) is 15.4 Å². The summed E-state index contributed by atoms with van der Waals surface area (Å²) in [4.78, 5) is 37.9. The molecule has 2 aromatic carbocycles. The number of amides is 2. The van der Waals surface area contributed by atoms with Crippen molar-refractivity contribution < 1.29 is 48.0 Å². The fourth-order valence-corrected chi connectivity index (χ4v) is 5.77. The van der Waals surface area contributed by atoms with Crippen LogP contribution >= 0.6 is 0 Å². The zero-order chi connectivity index (χ0) is 29.1. The van der Waals surface area contributed by atoms with Crippen molar-refractivity contribution in [3.05, 3.63) is 36.4 Å². The highest BCUT2D eigenvalue weighted by molar-refractivity contribution is 7.89. The standard InChI is InChI=1S/C24H32N4O10S/c1-12(30)25-20-22(33)21(32)17(11-29)38-23(20)26-19(31)10-15(24(34)35)27-39(36,37)18-9-5-6-13-14(18)7-4-8-16(13)28(2)3/h4-9,15,17,20-23,27,29,32-33H,10-11H2,1-3H3,(H,25,30)(H,26,31)(H,34,35)/t15-,17+,20+,21+,22+,23+/m0/s1. The molecule has 0 aromatic heterocycles. The van der Waals surface area contributed by atoms with E-state index >= 15 is 0 Å². The summed E-state index contributed by atoms with van der Waals surface area (Å²) in [7, 11) is -0.844. The van der Waals surface area contributed by atoms with Crippen LogP contribution in [0.15, 0.2) is 41.3 Å². The molecule has 7 N–H and O–H groups in total. The number of carboxylic acids is 1. The van der Waals surface area contributed by atoms with E-state index in [9.17, 15) is 43.2 Å². The highest BCUT2D eigenvalue weighted by atomic mass is 32.2. The van der Waals surface area contributed by atoms with Gasteiger partial charge in [0.15, 0.2) is 6.23 Å². The molecule has 1 aliphatic rings. The second kappa shape index (κ2) is 12.2. The molecule has 0 radical (unpaired) electrons. The van der Waals surface area contributed by atoms with Crippen LogP contribution in [0.3, 0.4) is 0 Å². The maximum atomic E-state index is 13.3. The van der Waals surface area contributed by atoms with Gasteiger partial charge >= 0.3 is 5.97 Å². The molecule has 15 heteroatoms. The van der Waals surface area contributed by atoms with E-state index in [1.807, 2.05) is 0 Å². The molecule has 2 amide bonds. The number of nitrogens with one attached hydrogen (secondary N) is 3. The number of hydrogen-bond donors (Lipinski definition) is 7. The summed E-state index contributed by atoms with van der Waals surface area (Å²) in [5.41, 5.74) is 0.744. The first kappa shape index (κ1) is 30.2. The second-order valence-corrected chi connectivity index (χ2v) is 11.0. The third kappa shape index (κ3) is 6.81. The van der Waals surface area contributed by atoms with E-state index in [0.29, 0.717) is 10.8 Å². The second-order valence-electron chi connectivity index (χ2n) is 9.29. The summed E-state index contributed by atoms with van der Waals surface area (Å²) in [6.45, 7) is 0.398. The Morgan fingerprint density at radius 1 is 1.03 bits per heavy atom. The number of nitrogens with zero attached hydrogens (tertiary/aromatic N) is 1. The Hall–Kier alpha value is -3.34. The van der Waals surface area contributed by atoms with Crippen LogP contribution in [-0.2, 0) is 29.1 Å². The van der Waals surface area contributed by atoms with E-state index in [1.165, 1.54) is 12.1 Å². The molecule has 1 aliphatic heterocycles. The number of carbonyl (C=O) groups is 3. The maximum Gasteiger partial charge on any atom is 0.322 e. The quantitative estimate of drug-likeness (QED) is 0.168. The van der Waals surface area contributed by atoms with Crippen LogP contribution in [0.25, 0.3) is 10.8 Å². The van der Waals surface area contributed by atoms with Gasteiger partial charge < -0.3 is 40.7 Å². The van der Waals surface area contributed by atoms with Crippen molar-refractivity contribution in [2.24, 2.45) is 0 Å². The average molecular weight is 569 g/mol. The van der Waals surface area contributed by atoms with Crippen LogP contribution in [0.1, 0.15) is 13.3 Å². The van der Waals surface area contributed by atoms with Crippen molar-refractivity contribution in [2.75, 3.05) is 25.6 Å². The SMILES string of the molecule is CC(=O)N[C@@H]1[C@@H](O)[C@H](O)[C@@H](CO)O[C@H]1NC(=O)C[C@H](NS(=O)(=O)c1cccc2c(N(C)C)cccc12)C(=O)O. The van der Waals surface area contributed by atoms with Gasteiger partial charge in [-0.1, -0.05) is 24.3 Å². The fourth-order valence-electron chi connectivity index (χ4n) is 4.36. The van der Waals surface area contributed by atoms with E-state index in [-0.39, 0.29) is 4.90 Å². The molecule has 39 heavy (non-hydrogen) atoms. The van der Waals surface area contributed by atoms with E-state index in [4.69, 9.17) is 4.74 Å². The van der Waals surface area contributed by atoms with Crippen LogP contribution in [0.2, 0.25) is 0 Å². The molecule has 0 unspecified atom stereocenters. The number of benzene rings is 2. The lowest BCUT2D eigenvalue weighted by Crippen LogP contribution is -2.68. The van der Waals surface area contributed by atoms with Gasteiger partial charge in [0.2, 0.25) is 21.8 Å². The average Bonchev–Trinajstić information content (AvgIpc) is 2.86. The van der Waals surface area contributed by atoms with E-state index in [1.54, 1.807) is 43.3 Å². The monoisotopic (exact) mass is 568 g/mol. The Labute approximate surface area is 224 Å². The molecule has 0 saturated carbocycles. The Balaban J connectivity index is 1.83. The van der Waals surface area contributed by atoms with Crippen molar-refractivity contribution in [2.45, 2.75) is 54.9 Å². The zero-order valence-corrected chi connectivity index (χ0v) is 22.3. The molecule has 0 spiro atoms. The Kier molecular flexibility index (Phi) is 9.47.